The van der Waals surface area contributed by atoms with Crippen molar-refractivity contribution in [2.24, 2.45) is 101 Å². The Morgan fingerprint density at radius 2 is 0.750 bits per heavy atom. The van der Waals surface area contributed by atoms with Crippen LogP contribution in [0.4, 0.5) is 35.1 Å². The summed E-state index contributed by atoms with van der Waals surface area (Å²) in [6.07, 6.45) is 9.51. The first-order valence-corrected chi connectivity index (χ1v) is 38.1. The van der Waals surface area contributed by atoms with Gasteiger partial charge in [0.25, 0.3) is 0 Å². The molecule has 8 heteroatoms. The van der Waals surface area contributed by atoms with Gasteiger partial charge in [0, 0.05) is 0 Å². The molecule has 0 aromatic heterocycles. The van der Waals surface area contributed by atoms with E-state index in [0.29, 0.717) is 68.5 Å². The average molecular weight is 1330 g/mol. The molecule has 5 rings (SSSR count). The van der Waals surface area contributed by atoms with E-state index in [1.54, 1.807) is 20.8 Å². The molecule has 564 valence electrons. The van der Waals surface area contributed by atoms with E-state index in [1.807, 2.05) is 13.8 Å². The van der Waals surface area contributed by atoms with Crippen LogP contribution in [0.3, 0.4) is 0 Å². The van der Waals surface area contributed by atoms with Crippen LogP contribution in [0.15, 0.2) is 0 Å². The van der Waals surface area contributed by atoms with E-state index in [4.69, 9.17) is 0 Å². The first kappa shape index (κ1) is 102. The molecule has 2 bridgehead atoms. The fraction of sp³-hybridized carbons (Fsp3) is 1.00. The average Bonchev–Trinajstić information content (AvgIpc) is 0.743. The molecule has 1 atom stereocenters. The second-order valence-electron chi connectivity index (χ2n) is 39.3. The Kier molecular flexibility index (Phi) is 48.1. The molecule has 5 aliphatic rings. The molecule has 0 heterocycles. The first-order valence-electron chi connectivity index (χ1n) is 38.1. The monoisotopic (exact) mass is 1330 g/mol. The number of hydrogen-bond acceptors (Lipinski definition) is 0. The SMILES string of the molecule is CC(C)(C)C.CC(C)C(C(C)C)C(C)(C)F.CC(C)C(C)(C)C.CC1CCC2(CC1)CCC(C(F)(F)F)(C(F)(F)F)CC2.CCC(C)(C)C.CCC(C)(CC)C(C)(C)C.CCC(C)(F)CC.CCC(CC)C(C)(C)C.CCCC(C)(C)C.C[C@H]1CC2CCC1(C)CC2. The minimum atomic E-state index is -5.20. The second-order valence-corrected chi connectivity index (χ2v) is 39.3. The van der Waals surface area contributed by atoms with Gasteiger partial charge in [0.1, 0.15) is 11.3 Å². The maximum Gasteiger partial charge on any atom is 0.403 e. The molecule has 0 amide bonds. The van der Waals surface area contributed by atoms with Crippen molar-refractivity contribution in [3.63, 3.8) is 0 Å². The summed E-state index contributed by atoms with van der Waals surface area (Å²) in [5.74, 6) is 5.38. The van der Waals surface area contributed by atoms with E-state index in [1.165, 1.54) is 77.0 Å². The van der Waals surface area contributed by atoms with Crippen molar-refractivity contribution in [2.45, 2.75) is 442 Å². The molecule has 0 N–H and O–H groups in total. The Labute approximate surface area is 575 Å². The zero-order valence-corrected chi connectivity index (χ0v) is 70.2. The van der Waals surface area contributed by atoms with E-state index in [0.717, 1.165) is 54.8 Å². The Balaban J connectivity index is -0.000000230. The molecule has 0 aromatic carbocycles. The molecular weight excluding hydrogens is 1160 g/mol. The van der Waals surface area contributed by atoms with Crippen LogP contribution in [0.25, 0.3) is 0 Å². The minimum Gasteiger partial charge on any atom is -0.244 e. The smallest absolute Gasteiger partial charge is 0.244 e. The molecule has 0 unspecified atom stereocenters. The van der Waals surface area contributed by atoms with Gasteiger partial charge in [0.05, 0.1) is 0 Å². The minimum absolute atomic E-state index is 0.0543. The molecule has 0 saturated heterocycles. The highest BCUT2D eigenvalue weighted by molar-refractivity contribution is 5.01. The Morgan fingerprint density at radius 3 is 0.859 bits per heavy atom. The summed E-state index contributed by atoms with van der Waals surface area (Å²) >= 11 is 0. The van der Waals surface area contributed by atoms with Gasteiger partial charge in [0.15, 0.2) is 5.41 Å². The number of fused-ring (bicyclic) bond motifs is 3. The summed E-state index contributed by atoms with van der Waals surface area (Å²) in [6, 6.07) is 0. The van der Waals surface area contributed by atoms with Crippen LogP contribution in [0.2, 0.25) is 0 Å². The van der Waals surface area contributed by atoms with Crippen molar-refractivity contribution in [1.29, 1.82) is 0 Å². The maximum atomic E-state index is 13.6. The Morgan fingerprint density at radius 1 is 0.424 bits per heavy atom. The van der Waals surface area contributed by atoms with Crippen LogP contribution in [0.1, 0.15) is 418 Å². The summed E-state index contributed by atoms with van der Waals surface area (Å²) in [7, 11) is 0. The standard InChI is InChI=1S/C14H20F6.C10H21F.C10H18.C10H22.C9H20.2C7H16.C6H13F.C6H14.C5H12/c1-10-2-4-11(5-3-10)6-8-12(9-7-11,13(15,16)17)14(18,19)20;1-7(2)9(8(3)4)10(5,6)11;1-8-7-9-3-5-10(8,2)6-4-9;1-7-10(6,8-2)9(3,4)5;1-6-8(7-2)9(3,4)5;1-6(2)7(3,4)5;1-5-6-7(2,3)4;1-4-6(3,7)5-2;1-5-6(2,3)4;1-5(2,3)4/h10H,2-9H2,1H3;7-9H,1-6H3;8-9H,3-7H2,1-2H3;7-8H2,1-6H3;8H,6-7H2,1-5H3;6H,1-5H3;5-6H2,1-4H3;4-5H2,1-3H3;5H2,1-4H3;1-4H3/t;;8-,9?,10?;;;;;;;/m..0......./s1. The lowest BCUT2D eigenvalue weighted by Gasteiger charge is -2.49. The van der Waals surface area contributed by atoms with Gasteiger partial charge >= 0.3 is 12.4 Å². The van der Waals surface area contributed by atoms with Crippen molar-refractivity contribution in [3.8, 4) is 0 Å². The van der Waals surface area contributed by atoms with E-state index < -0.39 is 41.9 Å². The first-order chi connectivity index (χ1) is 40.6. The zero-order valence-electron chi connectivity index (χ0n) is 70.2. The molecule has 1 spiro atoms. The van der Waals surface area contributed by atoms with Crippen molar-refractivity contribution in [3.05, 3.63) is 0 Å². The van der Waals surface area contributed by atoms with Crippen LogP contribution >= 0.6 is 0 Å². The normalized spacial score (nSPS) is 20.4. The summed E-state index contributed by atoms with van der Waals surface area (Å²) in [5, 5.41) is 0. The molecular formula is C84H172F8. The zero-order chi connectivity index (χ0) is 75.2. The summed E-state index contributed by atoms with van der Waals surface area (Å²) in [5.41, 5.74) is -1.38. The van der Waals surface area contributed by atoms with Gasteiger partial charge in [-0.1, -0.05) is 308 Å². The molecule has 0 aromatic rings. The van der Waals surface area contributed by atoms with Gasteiger partial charge in [-0.25, -0.2) is 8.78 Å². The van der Waals surface area contributed by atoms with E-state index in [9.17, 15) is 35.1 Å². The lowest BCUT2D eigenvalue weighted by atomic mass is 9.57. The van der Waals surface area contributed by atoms with Crippen LogP contribution in [0, 0.1) is 101 Å². The van der Waals surface area contributed by atoms with E-state index in [2.05, 4.69) is 242 Å². The highest BCUT2D eigenvalue weighted by Gasteiger charge is 2.71. The third-order valence-electron chi connectivity index (χ3n) is 22.8. The molecule has 0 aliphatic heterocycles. The largest absolute Gasteiger partial charge is 0.403 e. The lowest BCUT2D eigenvalue weighted by Crippen LogP contribution is -2.53. The second kappa shape index (κ2) is 43.2. The molecule has 0 nitrogen and oxygen atoms in total. The predicted molar refractivity (Wildman–Crippen MR) is 401 cm³/mol. The highest BCUT2D eigenvalue weighted by atomic mass is 19.4. The quantitative estimate of drug-likeness (QED) is 0.191. The van der Waals surface area contributed by atoms with Gasteiger partial charge in [-0.15, -0.1) is 0 Å². The molecule has 0 radical (unpaired) electrons. The Hall–Kier alpha value is -0.560. The number of hydrogen-bond donors (Lipinski definition) is 0. The van der Waals surface area contributed by atoms with Gasteiger partial charge in [-0.3, -0.25) is 0 Å². The lowest BCUT2D eigenvalue weighted by molar-refractivity contribution is -0.354. The number of rotatable bonds is 10. The third kappa shape index (κ3) is 45.9. The number of alkyl halides is 8. The van der Waals surface area contributed by atoms with Gasteiger partial charge < -0.3 is 0 Å². The summed E-state index contributed by atoms with van der Waals surface area (Å²) in [4.78, 5) is 0. The molecule has 5 aliphatic carbocycles. The predicted octanol–water partition coefficient (Wildman–Crippen LogP) is 32.6. The van der Waals surface area contributed by atoms with Crippen molar-refractivity contribution < 1.29 is 35.1 Å². The van der Waals surface area contributed by atoms with Gasteiger partial charge in [-0.05, 0) is 207 Å². The summed E-state index contributed by atoms with van der Waals surface area (Å²) < 4.78 is 104. The van der Waals surface area contributed by atoms with Crippen molar-refractivity contribution in [1.82, 2.24) is 0 Å². The molecule has 92 heavy (non-hydrogen) atoms. The summed E-state index contributed by atoms with van der Waals surface area (Å²) in [6.45, 7) is 87.6. The van der Waals surface area contributed by atoms with Gasteiger partial charge in [0.2, 0.25) is 0 Å². The highest BCUT2D eigenvalue weighted by Crippen LogP contribution is 2.63. The van der Waals surface area contributed by atoms with Crippen molar-refractivity contribution >= 4 is 0 Å². The molecule has 5 fully saturated rings. The van der Waals surface area contributed by atoms with E-state index in [-0.39, 0.29) is 24.2 Å². The fourth-order valence-electron chi connectivity index (χ4n) is 12.8. The van der Waals surface area contributed by atoms with E-state index >= 15 is 0 Å². The van der Waals surface area contributed by atoms with Crippen molar-refractivity contribution in [2.75, 3.05) is 0 Å². The Bertz CT molecular complexity index is 1690. The fourth-order valence-corrected chi connectivity index (χ4v) is 12.8. The third-order valence-corrected chi connectivity index (χ3v) is 22.8. The van der Waals surface area contributed by atoms with Crippen LogP contribution in [-0.4, -0.2) is 23.7 Å². The van der Waals surface area contributed by atoms with Crippen LogP contribution in [-0.2, 0) is 0 Å². The number of halogens is 8. The maximum absolute atomic E-state index is 13.6. The molecule has 5 saturated carbocycles. The van der Waals surface area contributed by atoms with Crippen LogP contribution in [0.5, 0.6) is 0 Å². The van der Waals surface area contributed by atoms with Gasteiger partial charge in [-0.2, -0.15) is 26.3 Å². The van der Waals surface area contributed by atoms with Crippen LogP contribution < -0.4 is 0 Å². The topological polar surface area (TPSA) is 0 Å².